The highest BCUT2D eigenvalue weighted by molar-refractivity contribution is 6.32. The van der Waals surface area contributed by atoms with E-state index in [9.17, 15) is 9.59 Å². The molecule has 0 radical (unpaired) electrons. The first-order chi connectivity index (χ1) is 13.9. The highest BCUT2D eigenvalue weighted by atomic mass is 35.5. The Morgan fingerprint density at radius 2 is 1.93 bits per heavy atom. The number of carbonyl (C=O) groups excluding carboxylic acids is 1. The summed E-state index contributed by atoms with van der Waals surface area (Å²) in [6.07, 6.45) is 0. The number of benzene rings is 2. The van der Waals surface area contributed by atoms with Gasteiger partial charge in [0.1, 0.15) is 17.9 Å². The van der Waals surface area contributed by atoms with Crippen molar-refractivity contribution >= 4 is 34.2 Å². The number of hydrogen-bond donors (Lipinski definition) is 2. The molecule has 3 aromatic rings. The number of nitrogens with one attached hydrogen (secondary N) is 2. The number of fused-ring (bicyclic) bond motifs is 1. The van der Waals surface area contributed by atoms with Gasteiger partial charge in [-0.2, -0.15) is 0 Å². The molecule has 1 unspecified atom stereocenters. The summed E-state index contributed by atoms with van der Waals surface area (Å²) in [5, 5.41) is 4.30. The lowest BCUT2D eigenvalue weighted by molar-refractivity contribution is -0.903. The number of halogens is 1. The smallest absolute Gasteiger partial charge is 0.336 e. The van der Waals surface area contributed by atoms with Gasteiger partial charge < -0.3 is 19.4 Å². The fourth-order valence-electron chi connectivity index (χ4n) is 3.18. The predicted octanol–water partition coefficient (Wildman–Crippen LogP) is 2.81. The first kappa shape index (κ1) is 20.9. The molecule has 0 aliphatic heterocycles. The minimum atomic E-state index is -0.410. The molecule has 1 heterocycles. The van der Waals surface area contributed by atoms with Gasteiger partial charge in [0, 0.05) is 27.7 Å². The van der Waals surface area contributed by atoms with E-state index >= 15 is 0 Å². The topological polar surface area (TPSA) is 73.0 Å². The number of carbonyl (C=O) groups is 1. The van der Waals surface area contributed by atoms with E-state index in [2.05, 4.69) is 5.32 Å². The van der Waals surface area contributed by atoms with E-state index in [0.717, 1.165) is 33.7 Å². The number of hydrogen-bond acceptors (Lipinski definition) is 4. The molecule has 6 nitrogen and oxygen atoms in total. The van der Waals surface area contributed by atoms with Crippen LogP contribution < -0.4 is 20.6 Å². The lowest BCUT2D eigenvalue weighted by Gasteiger charge is -2.18. The van der Waals surface area contributed by atoms with Gasteiger partial charge in [-0.1, -0.05) is 11.6 Å². The van der Waals surface area contributed by atoms with E-state index in [1.807, 2.05) is 19.9 Å². The van der Waals surface area contributed by atoms with Crippen LogP contribution in [0.5, 0.6) is 5.75 Å². The highest BCUT2D eigenvalue weighted by Gasteiger charge is 2.17. The summed E-state index contributed by atoms with van der Waals surface area (Å²) >= 11 is 6.27. The third-order valence-corrected chi connectivity index (χ3v) is 5.24. The second-order valence-electron chi connectivity index (χ2n) is 6.92. The molecule has 29 heavy (non-hydrogen) atoms. The molecular formula is C22H24ClN2O4+. The SMILES string of the molecule is CC[NH+](CC(=O)Nc1ccc(OC)cc1)Cc1cc(=O)oc2cc(C)c(Cl)cc12. The van der Waals surface area contributed by atoms with Crippen molar-refractivity contribution in [2.75, 3.05) is 25.5 Å². The number of anilines is 1. The Bertz CT molecular complexity index is 1080. The highest BCUT2D eigenvalue weighted by Crippen LogP contribution is 2.24. The average Bonchev–Trinajstić information content (AvgIpc) is 2.69. The van der Waals surface area contributed by atoms with Crippen molar-refractivity contribution in [3.05, 3.63) is 69.0 Å². The Labute approximate surface area is 174 Å². The van der Waals surface area contributed by atoms with E-state index < -0.39 is 5.63 Å². The van der Waals surface area contributed by atoms with Gasteiger partial charge in [-0.25, -0.2) is 4.79 Å². The van der Waals surface area contributed by atoms with Crippen LogP contribution in [0, 0.1) is 6.92 Å². The van der Waals surface area contributed by atoms with E-state index in [1.165, 1.54) is 6.07 Å². The Morgan fingerprint density at radius 3 is 2.59 bits per heavy atom. The maximum atomic E-state index is 12.5. The molecule has 0 fully saturated rings. The van der Waals surface area contributed by atoms with Gasteiger partial charge in [0.05, 0.1) is 13.7 Å². The standard InChI is InChI=1S/C22H23ClN2O4/c1-4-25(13-21(26)24-16-5-7-17(28-3)8-6-16)12-15-10-22(27)29-20-9-14(2)19(23)11-18(15)20/h5-11H,4,12-13H2,1-3H3,(H,24,26)/p+1. The normalized spacial score (nSPS) is 12.0. The maximum absolute atomic E-state index is 12.5. The number of amides is 1. The van der Waals surface area contributed by atoms with Crippen molar-refractivity contribution < 1.29 is 18.8 Å². The van der Waals surface area contributed by atoms with Gasteiger partial charge in [-0.05, 0) is 55.8 Å². The van der Waals surface area contributed by atoms with Gasteiger partial charge in [0.15, 0.2) is 6.54 Å². The third kappa shape index (κ3) is 5.16. The number of methoxy groups -OCH3 is 1. The van der Waals surface area contributed by atoms with Gasteiger partial charge in [-0.3, -0.25) is 4.79 Å². The lowest BCUT2D eigenvalue weighted by Crippen LogP contribution is -3.11. The fourth-order valence-corrected chi connectivity index (χ4v) is 3.35. The molecular weight excluding hydrogens is 392 g/mol. The first-order valence-electron chi connectivity index (χ1n) is 9.40. The van der Waals surface area contributed by atoms with Crippen LogP contribution in [0.25, 0.3) is 11.0 Å². The predicted molar refractivity (Wildman–Crippen MR) is 114 cm³/mol. The molecule has 1 aromatic heterocycles. The molecule has 0 bridgehead atoms. The molecule has 0 saturated heterocycles. The number of ether oxygens (including phenoxy) is 1. The van der Waals surface area contributed by atoms with Crippen molar-refractivity contribution in [3.8, 4) is 5.75 Å². The van der Waals surface area contributed by atoms with Gasteiger partial charge in [0.2, 0.25) is 0 Å². The van der Waals surface area contributed by atoms with Crippen LogP contribution in [-0.2, 0) is 11.3 Å². The quantitative estimate of drug-likeness (QED) is 0.582. The largest absolute Gasteiger partial charge is 0.497 e. The molecule has 0 spiro atoms. The zero-order valence-corrected chi connectivity index (χ0v) is 17.4. The summed E-state index contributed by atoms with van der Waals surface area (Å²) in [5.41, 5.74) is 2.46. The lowest BCUT2D eigenvalue weighted by atomic mass is 10.1. The average molecular weight is 416 g/mol. The van der Waals surface area contributed by atoms with Crippen LogP contribution in [-0.4, -0.2) is 26.1 Å². The molecule has 0 saturated carbocycles. The Kier molecular flexibility index (Phi) is 6.56. The molecule has 7 heteroatoms. The van der Waals surface area contributed by atoms with Crippen molar-refractivity contribution in [1.29, 1.82) is 0 Å². The van der Waals surface area contributed by atoms with Crippen LogP contribution in [0.4, 0.5) is 5.69 Å². The minimum absolute atomic E-state index is 0.104. The molecule has 0 aliphatic rings. The Balaban J connectivity index is 1.76. The molecule has 2 N–H and O–H groups in total. The number of rotatable bonds is 7. The summed E-state index contributed by atoms with van der Waals surface area (Å²) in [7, 11) is 1.60. The Hall–Kier alpha value is -2.83. The summed E-state index contributed by atoms with van der Waals surface area (Å²) in [4.78, 5) is 25.5. The maximum Gasteiger partial charge on any atom is 0.336 e. The molecule has 2 aromatic carbocycles. The fraction of sp³-hybridized carbons (Fsp3) is 0.273. The molecule has 3 rings (SSSR count). The zero-order chi connectivity index (χ0) is 21.0. The number of aryl methyl sites for hydroxylation is 1. The zero-order valence-electron chi connectivity index (χ0n) is 16.7. The van der Waals surface area contributed by atoms with Crippen molar-refractivity contribution in [1.82, 2.24) is 0 Å². The Morgan fingerprint density at radius 1 is 1.21 bits per heavy atom. The number of quaternary nitrogens is 1. The third-order valence-electron chi connectivity index (χ3n) is 4.83. The van der Waals surface area contributed by atoms with Crippen LogP contribution in [0.1, 0.15) is 18.1 Å². The van der Waals surface area contributed by atoms with Crippen LogP contribution >= 0.6 is 11.6 Å². The monoisotopic (exact) mass is 415 g/mol. The van der Waals surface area contributed by atoms with Crippen LogP contribution in [0.15, 0.2) is 51.7 Å². The van der Waals surface area contributed by atoms with Crippen LogP contribution in [0.2, 0.25) is 5.02 Å². The van der Waals surface area contributed by atoms with E-state index in [-0.39, 0.29) is 12.5 Å². The van der Waals surface area contributed by atoms with Crippen molar-refractivity contribution in [2.24, 2.45) is 0 Å². The summed E-state index contributed by atoms with van der Waals surface area (Å²) < 4.78 is 10.4. The van der Waals surface area contributed by atoms with Crippen LogP contribution in [0.3, 0.4) is 0 Å². The summed E-state index contributed by atoms with van der Waals surface area (Å²) in [6.45, 7) is 5.36. The van der Waals surface area contributed by atoms with E-state index in [4.69, 9.17) is 20.8 Å². The second kappa shape index (κ2) is 9.11. The second-order valence-corrected chi connectivity index (χ2v) is 7.33. The molecule has 0 aliphatic carbocycles. The van der Waals surface area contributed by atoms with Gasteiger partial charge in [0.25, 0.3) is 5.91 Å². The number of likely N-dealkylation sites (N-methyl/N-ethyl adjacent to an activating group) is 1. The van der Waals surface area contributed by atoms with Crippen molar-refractivity contribution in [3.63, 3.8) is 0 Å². The van der Waals surface area contributed by atoms with Gasteiger partial charge in [-0.15, -0.1) is 0 Å². The van der Waals surface area contributed by atoms with Gasteiger partial charge >= 0.3 is 5.63 Å². The van der Waals surface area contributed by atoms with E-state index in [1.54, 1.807) is 37.4 Å². The van der Waals surface area contributed by atoms with Crippen molar-refractivity contribution in [2.45, 2.75) is 20.4 Å². The minimum Gasteiger partial charge on any atom is -0.497 e. The summed E-state index contributed by atoms with van der Waals surface area (Å²) in [5.74, 6) is 0.626. The summed E-state index contributed by atoms with van der Waals surface area (Å²) in [6, 6.07) is 12.2. The van der Waals surface area contributed by atoms with E-state index in [0.29, 0.717) is 22.8 Å². The molecule has 1 amide bonds. The molecule has 152 valence electrons. The first-order valence-corrected chi connectivity index (χ1v) is 9.77. The molecule has 1 atom stereocenters.